The van der Waals surface area contributed by atoms with Crippen LogP contribution in [0.3, 0.4) is 0 Å². The molecular formula is C32H40N4O2. The molecule has 1 fully saturated rings. The van der Waals surface area contributed by atoms with Crippen molar-refractivity contribution in [3.8, 4) is 0 Å². The lowest BCUT2D eigenvalue weighted by molar-refractivity contribution is -0.137. The summed E-state index contributed by atoms with van der Waals surface area (Å²) in [6, 6.07) is 25.7. The maximum atomic E-state index is 13.4. The van der Waals surface area contributed by atoms with Crippen molar-refractivity contribution >= 4 is 17.5 Å². The van der Waals surface area contributed by atoms with Crippen molar-refractivity contribution in [2.24, 2.45) is 0 Å². The van der Waals surface area contributed by atoms with Gasteiger partial charge in [0.2, 0.25) is 11.8 Å². The van der Waals surface area contributed by atoms with E-state index in [0.717, 1.165) is 44.7 Å². The quantitative estimate of drug-likeness (QED) is 0.316. The molecule has 0 spiro atoms. The fourth-order valence-corrected chi connectivity index (χ4v) is 5.05. The highest BCUT2D eigenvalue weighted by Gasteiger charge is 2.42. The topological polar surface area (TPSA) is 64.7 Å². The van der Waals surface area contributed by atoms with Crippen LogP contribution >= 0.6 is 0 Å². The summed E-state index contributed by atoms with van der Waals surface area (Å²) in [7, 11) is 0. The van der Waals surface area contributed by atoms with Crippen molar-refractivity contribution in [1.82, 2.24) is 15.5 Å². The fraction of sp³-hybridized carbons (Fsp3) is 0.375. The highest BCUT2D eigenvalue weighted by Crippen LogP contribution is 2.25. The zero-order valence-corrected chi connectivity index (χ0v) is 22.9. The average Bonchev–Trinajstić information content (AvgIpc) is 2.96. The number of piperazine rings is 1. The summed E-state index contributed by atoms with van der Waals surface area (Å²) in [6.07, 6.45) is 0.839. The minimum absolute atomic E-state index is 0.269. The zero-order chi connectivity index (χ0) is 27.0. The monoisotopic (exact) mass is 512 g/mol. The van der Waals surface area contributed by atoms with Crippen LogP contribution in [0.5, 0.6) is 0 Å². The van der Waals surface area contributed by atoms with Crippen molar-refractivity contribution in [2.75, 3.05) is 44.2 Å². The standard InChI is InChI=1S/C32H40N4O2/c1-25-15-16-26(2)29(23-25)36-21-19-35(20-22-36)18-10-17-33-30(37)32(3,28-13-8-5-9-14-28)31(38)34-24-27-11-6-4-7-12-27/h4-9,11-16,23H,10,17-22,24H2,1-3H3,(H,33,37)(H,34,38). The minimum atomic E-state index is -1.31. The molecule has 0 bridgehead atoms. The van der Waals surface area contributed by atoms with Crippen LogP contribution in [0.1, 0.15) is 35.6 Å². The highest BCUT2D eigenvalue weighted by molar-refractivity contribution is 6.10. The molecule has 1 heterocycles. The third kappa shape index (κ3) is 6.62. The first kappa shape index (κ1) is 27.4. The summed E-state index contributed by atoms with van der Waals surface area (Å²) in [5.74, 6) is -0.568. The second-order valence-electron chi connectivity index (χ2n) is 10.4. The van der Waals surface area contributed by atoms with Gasteiger partial charge in [0.15, 0.2) is 0 Å². The maximum Gasteiger partial charge on any atom is 0.240 e. The fourth-order valence-electron chi connectivity index (χ4n) is 5.05. The highest BCUT2D eigenvalue weighted by atomic mass is 16.2. The Morgan fingerprint density at radius 2 is 1.45 bits per heavy atom. The van der Waals surface area contributed by atoms with Gasteiger partial charge in [-0.1, -0.05) is 72.8 Å². The summed E-state index contributed by atoms with van der Waals surface area (Å²) in [5, 5.41) is 6.03. The maximum absolute atomic E-state index is 13.4. The number of nitrogens with one attached hydrogen (secondary N) is 2. The van der Waals surface area contributed by atoms with Crippen LogP contribution in [0.25, 0.3) is 0 Å². The average molecular weight is 513 g/mol. The van der Waals surface area contributed by atoms with Gasteiger partial charge < -0.3 is 15.5 Å². The van der Waals surface area contributed by atoms with Gasteiger partial charge in [0, 0.05) is 45.0 Å². The molecule has 1 aliphatic rings. The summed E-state index contributed by atoms with van der Waals surface area (Å²) in [4.78, 5) is 31.7. The largest absolute Gasteiger partial charge is 0.369 e. The number of benzene rings is 3. The van der Waals surface area contributed by atoms with Crippen LogP contribution in [0.4, 0.5) is 5.69 Å². The Bertz CT molecular complexity index is 1210. The van der Waals surface area contributed by atoms with Gasteiger partial charge in [0.05, 0.1) is 0 Å². The van der Waals surface area contributed by atoms with Gasteiger partial charge in [-0.15, -0.1) is 0 Å². The molecule has 200 valence electrons. The Hall–Kier alpha value is -3.64. The van der Waals surface area contributed by atoms with Crippen LogP contribution in [-0.2, 0) is 21.5 Å². The molecule has 0 radical (unpaired) electrons. The molecular weight excluding hydrogens is 472 g/mol. The molecule has 3 aromatic carbocycles. The number of nitrogens with zero attached hydrogens (tertiary/aromatic N) is 2. The Kier molecular flexibility index (Phi) is 9.19. The number of carbonyl (C=O) groups excluding carboxylic acids is 2. The van der Waals surface area contributed by atoms with Crippen LogP contribution in [-0.4, -0.2) is 56.0 Å². The summed E-state index contributed by atoms with van der Waals surface area (Å²) in [5.41, 5.74) is 4.32. The second kappa shape index (κ2) is 12.7. The van der Waals surface area contributed by atoms with Crippen molar-refractivity contribution in [3.63, 3.8) is 0 Å². The molecule has 3 aromatic rings. The Morgan fingerprint density at radius 1 is 0.816 bits per heavy atom. The van der Waals surface area contributed by atoms with Crippen molar-refractivity contribution in [1.29, 1.82) is 0 Å². The second-order valence-corrected chi connectivity index (χ2v) is 10.4. The Labute approximate surface area is 227 Å². The predicted octanol–water partition coefficient (Wildman–Crippen LogP) is 4.21. The molecule has 0 aromatic heterocycles. The minimum Gasteiger partial charge on any atom is -0.369 e. The first-order valence-corrected chi connectivity index (χ1v) is 13.6. The van der Waals surface area contributed by atoms with Crippen LogP contribution in [0.15, 0.2) is 78.9 Å². The molecule has 2 N–H and O–H groups in total. The third-order valence-electron chi connectivity index (χ3n) is 7.57. The predicted molar refractivity (Wildman–Crippen MR) is 154 cm³/mol. The van der Waals surface area contributed by atoms with Crippen molar-refractivity contribution < 1.29 is 9.59 Å². The molecule has 2 amide bonds. The number of aryl methyl sites for hydroxylation is 2. The van der Waals surface area contributed by atoms with E-state index in [4.69, 9.17) is 0 Å². The lowest BCUT2D eigenvalue weighted by atomic mass is 9.80. The molecule has 6 nitrogen and oxygen atoms in total. The molecule has 0 saturated carbocycles. The summed E-state index contributed by atoms with van der Waals surface area (Å²) in [6.45, 7) is 11.9. The van der Waals surface area contributed by atoms with Gasteiger partial charge in [-0.2, -0.15) is 0 Å². The van der Waals surface area contributed by atoms with Crippen LogP contribution in [0.2, 0.25) is 0 Å². The SMILES string of the molecule is Cc1ccc(C)c(N2CCN(CCCNC(=O)C(C)(C(=O)NCc3ccccc3)c3ccccc3)CC2)c1. The van der Waals surface area contributed by atoms with E-state index in [2.05, 4.69) is 52.5 Å². The normalized spacial score (nSPS) is 15.5. The number of anilines is 1. The Balaban J connectivity index is 1.28. The molecule has 1 aliphatic heterocycles. The number of hydrogen-bond donors (Lipinski definition) is 2. The van der Waals surface area contributed by atoms with Crippen molar-refractivity contribution in [2.45, 2.75) is 39.2 Å². The molecule has 1 unspecified atom stereocenters. The number of rotatable bonds is 10. The van der Waals surface area contributed by atoms with Gasteiger partial charge in [-0.25, -0.2) is 0 Å². The zero-order valence-electron chi connectivity index (χ0n) is 22.9. The summed E-state index contributed by atoms with van der Waals surface area (Å²) >= 11 is 0. The number of amides is 2. The van der Waals surface area contributed by atoms with Gasteiger partial charge in [-0.3, -0.25) is 14.5 Å². The number of carbonyl (C=O) groups is 2. The summed E-state index contributed by atoms with van der Waals surface area (Å²) < 4.78 is 0. The van der Waals surface area contributed by atoms with E-state index >= 15 is 0 Å². The van der Waals surface area contributed by atoms with Crippen LogP contribution < -0.4 is 15.5 Å². The van der Waals surface area contributed by atoms with E-state index in [9.17, 15) is 9.59 Å². The first-order chi connectivity index (χ1) is 18.4. The van der Waals surface area contributed by atoms with E-state index in [1.54, 1.807) is 6.92 Å². The van der Waals surface area contributed by atoms with Crippen LogP contribution in [0, 0.1) is 13.8 Å². The lowest BCUT2D eigenvalue weighted by Crippen LogP contribution is -2.53. The van der Waals surface area contributed by atoms with E-state index in [-0.39, 0.29) is 11.8 Å². The lowest BCUT2D eigenvalue weighted by Gasteiger charge is -2.37. The molecule has 38 heavy (non-hydrogen) atoms. The molecule has 1 atom stereocenters. The molecule has 0 aliphatic carbocycles. The molecule has 6 heteroatoms. The van der Waals surface area contributed by atoms with Crippen molar-refractivity contribution in [3.05, 3.63) is 101 Å². The molecule has 4 rings (SSSR count). The van der Waals surface area contributed by atoms with E-state index in [1.165, 1.54) is 16.8 Å². The van der Waals surface area contributed by atoms with Gasteiger partial charge in [-0.05, 0) is 62.1 Å². The van der Waals surface area contributed by atoms with E-state index < -0.39 is 5.41 Å². The third-order valence-corrected chi connectivity index (χ3v) is 7.57. The smallest absolute Gasteiger partial charge is 0.240 e. The van der Waals surface area contributed by atoms with Gasteiger partial charge in [0.1, 0.15) is 5.41 Å². The first-order valence-electron chi connectivity index (χ1n) is 13.6. The molecule has 1 saturated heterocycles. The Morgan fingerprint density at radius 3 is 2.13 bits per heavy atom. The van der Waals surface area contributed by atoms with Gasteiger partial charge >= 0.3 is 0 Å². The number of hydrogen-bond acceptors (Lipinski definition) is 4. The van der Waals surface area contributed by atoms with E-state index in [0.29, 0.717) is 18.7 Å². The van der Waals surface area contributed by atoms with E-state index in [1.807, 2.05) is 60.7 Å². The van der Waals surface area contributed by atoms with Gasteiger partial charge in [0.25, 0.3) is 0 Å².